The summed E-state index contributed by atoms with van der Waals surface area (Å²) in [6.07, 6.45) is 1.17. The summed E-state index contributed by atoms with van der Waals surface area (Å²) in [6.45, 7) is 4.12. The van der Waals surface area contributed by atoms with Gasteiger partial charge < -0.3 is 4.90 Å². The summed E-state index contributed by atoms with van der Waals surface area (Å²) in [5.41, 5.74) is 0. The fourth-order valence-corrected chi connectivity index (χ4v) is 4.27. The zero-order chi connectivity index (χ0) is 13.4. The van der Waals surface area contributed by atoms with Crippen LogP contribution in [0.2, 0.25) is 0 Å². The third kappa shape index (κ3) is 2.98. The number of thioether (sulfide) groups is 1. The maximum atomic E-state index is 13.2. The van der Waals surface area contributed by atoms with E-state index in [9.17, 15) is 13.2 Å². The van der Waals surface area contributed by atoms with E-state index in [4.69, 9.17) is 0 Å². The van der Waals surface area contributed by atoms with Crippen molar-refractivity contribution in [2.75, 3.05) is 25.9 Å². The lowest BCUT2D eigenvalue weighted by atomic mass is 9.82. The molecule has 2 aliphatic rings. The van der Waals surface area contributed by atoms with E-state index >= 15 is 0 Å². The van der Waals surface area contributed by atoms with Crippen LogP contribution in [-0.4, -0.2) is 41.7 Å². The molecule has 5 heteroatoms. The van der Waals surface area contributed by atoms with Crippen LogP contribution in [0, 0.1) is 11.8 Å². The summed E-state index contributed by atoms with van der Waals surface area (Å²) >= 11 is 1.42. The third-order valence-electron chi connectivity index (χ3n) is 4.47. The molecule has 0 spiro atoms. The van der Waals surface area contributed by atoms with Crippen molar-refractivity contribution in [3.05, 3.63) is 0 Å². The van der Waals surface area contributed by atoms with Crippen molar-refractivity contribution in [2.45, 2.75) is 43.5 Å². The Morgan fingerprint density at radius 2 is 1.94 bits per heavy atom. The molecule has 106 valence electrons. The highest BCUT2D eigenvalue weighted by Crippen LogP contribution is 2.49. The maximum absolute atomic E-state index is 13.2. The molecule has 1 aliphatic carbocycles. The standard InChI is InChI=1S/C13H22F3NS/c1-3-12(18-2)9-17(8-10-4-5-10)7-6-11(12)13(14,15)16/h10-11H,3-9H2,1-2H3. The average molecular weight is 281 g/mol. The Hall–Kier alpha value is 0.100. The number of piperidine rings is 1. The molecule has 1 heterocycles. The van der Waals surface area contributed by atoms with Gasteiger partial charge in [-0.1, -0.05) is 6.92 Å². The number of hydrogen-bond donors (Lipinski definition) is 0. The highest BCUT2D eigenvalue weighted by Gasteiger charge is 2.54. The van der Waals surface area contributed by atoms with Crippen molar-refractivity contribution in [3.8, 4) is 0 Å². The smallest absolute Gasteiger partial charge is 0.302 e. The van der Waals surface area contributed by atoms with Crippen molar-refractivity contribution < 1.29 is 13.2 Å². The van der Waals surface area contributed by atoms with Gasteiger partial charge in [0, 0.05) is 17.8 Å². The van der Waals surface area contributed by atoms with E-state index in [0.717, 1.165) is 12.5 Å². The Labute approximate surface area is 111 Å². The van der Waals surface area contributed by atoms with E-state index in [1.54, 1.807) is 0 Å². The lowest BCUT2D eigenvalue weighted by molar-refractivity contribution is -0.194. The molecule has 0 amide bonds. The Morgan fingerprint density at radius 1 is 1.28 bits per heavy atom. The fraction of sp³-hybridized carbons (Fsp3) is 1.00. The number of likely N-dealkylation sites (tertiary alicyclic amines) is 1. The molecule has 1 saturated heterocycles. The first-order chi connectivity index (χ1) is 8.41. The molecule has 1 saturated carbocycles. The van der Waals surface area contributed by atoms with Gasteiger partial charge >= 0.3 is 6.18 Å². The minimum absolute atomic E-state index is 0.269. The molecular weight excluding hydrogens is 259 g/mol. The van der Waals surface area contributed by atoms with Gasteiger partial charge in [0.15, 0.2) is 0 Å². The summed E-state index contributed by atoms with van der Waals surface area (Å²) in [6, 6.07) is 0. The van der Waals surface area contributed by atoms with Crippen molar-refractivity contribution in [1.82, 2.24) is 4.90 Å². The zero-order valence-corrected chi connectivity index (χ0v) is 11.9. The van der Waals surface area contributed by atoms with E-state index in [2.05, 4.69) is 4.90 Å². The average Bonchev–Trinajstić information content (AvgIpc) is 3.11. The van der Waals surface area contributed by atoms with Gasteiger partial charge in [0.25, 0.3) is 0 Å². The molecule has 0 bridgehead atoms. The minimum atomic E-state index is -4.05. The normalized spacial score (nSPS) is 34.8. The van der Waals surface area contributed by atoms with Crippen LogP contribution in [0.15, 0.2) is 0 Å². The monoisotopic (exact) mass is 281 g/mol. The van der Waals surface area contributed by atoms with E-state index in [-0.39, 0.29) is 6.42 Å². The SMILES string of the molecule is CCC1(SC)CN(CC2CC2)CCC1C(F)(F)F. The van der Waals surface area contributed by atoms with Crippen LogP contribution in [0.25, 0.3) is 0 Å². The van der Waals surface area contributed by atoms with Crippen LogP contribution in [0.3, 0.4) is 0 Å². The largest absolute Gasteiger partial charge is 0.393 e. The fourth-order valence-electron chi connectivity index (χ4n) is 3.14. The maximum Gasteiger partial charge on any atom is 0.393 e. The molecule has 0 aromatic rings. The summed E-state index contributed by atoms with van der Waals surface area (Å²) in [5, 5.41) is 0. The molecule has 2 fully saturated rings. The Balaban J connectivity index is 2.09. The topological polar surface area (TPSA) is 3.24 Å². The second-order valence-corrected chi connectivity index (χ2v) is 6.91. The van der Waals surface area contributed by atoms with Gasteiger partial charge in [-0.05, 0) is 44.4 Å². The van der Waals surface area contributed by atoms with Crippen molar-refractivity contribution in [2.24, 2.45) is 11.8 Å². The Morgan fingerprint density at radius 3 is 2.39 bits per heavy atom. The van der Waals surface area contributed by atoms with Crippen LogP contribution in [-0.2, 0) is 0 Å². The molecule has 18 heavy (non-hydrogen) atoms. The number of rotatable bonds is 4. The van der Waals surface area contributed by atoms with Gasteiger partial charge in [-0.15, -0.1) is 0 Å². The summed E-state index contributed by atoms with van der Waals surface area (Å²) in [7, 11) is 0. The Bertz CT molecular complexity index is 284. The third-order valence-corrected chi connectivity index (χ3v) is 5.99. The molecule has 2 atom stereocenters. The van der Waals surface area contributed by atoms with E-state index in [1.807, 2.05) is 13.2 Å². The lowest BCUT2D eigenvalue weighted by Crippen LogP contribution is -2.56. The minimum Gasteiger partial charge on any atom is -0.302 e. The predicted molar refractivity (Wildman–Crippen MR) is 69.9 cm³/mol. The molecule has 0 radical (unpaired) electrons. The number of halogens is 3. The molecular formula is C13H22F3NS. The number of alkyl halides is 3. The molecule has 0 N–H and O–H groups in total. The van der Waals surface area contributed by atoms with Gasteiger partial charge in [0.2, 0.25) is 0 Å². The molecule has 1 nitrogen and oxygen atoms in total. The highest BCUT2D eigenvalue weighted by atomic mass is 32.2. The van der Waals surface area contributed by atoms with Crippen LogP contribution < -0.4 is 0 Å². The first-order valence-electron chi connectivity index (χ1n) is 6.75. The molecule has 0 aromatic carbocycles. The van der Waals surface area contributed by atoms with Gasteiger partial charge in [0.05, 0.1) is 5.92 Å². The highest BCUT2D eigenvalue weighted by molar-refractivity contribution is 8.00. The van der Waals surface area contributed by atoms with E-state index in [0.29, 0.717) is 19.5 Å². The number of hydrogen-bond acceptors (Lipinski definition) is 2. The van der Waals surface area contributed by atoms with Crippen molar-refractivity contribution >= 4 is 11.8 Å². The van der Waals surface area contributed by atoms with Crippen LogP contribution >= 0.6 is 11.8 Å². The van der Waals surface area contributed by atoms with Gasteiger partial charge in [-0.2, -0.15) is 24.9 Å². The van der Waals surface area contributed by atoms with E-state index < -0.39 is 16.8 Å². The van der Waals surface area contributed by atoms with Crippen LogP contribution in [0.5, 0.6) is 0 Å². The molecule has 2 rings (SSSR count). The van der Waals surface area contributed by atoms with Crippen LogP contribution in [0.4, 0.5) is 13.2 Å². The molecule has 0 aromatic heterocycles. The summed E-state index contributed by atoms with van der Waals surface area (Å²) in [5.74, 6) is -0.385. The second kappa shape index (κ2) is 5.23. The van der Waals surface area contributed by atoms with Crippen molar-refractivity contribution in [3.63, 3.8) is 0 Å². The zero-order valence-electron chi connectivity index (χ0n) is 11.1. The second-order valence-electron chi connectivity index (χ2n) is 5.68. The van der Waals surface area contributed by atoms with Crippen LogP contribution in [0.1, 0.15) is 32.6 Å². The lowest BCUT2D eigenvalue weighted by Gasteiger charge is -2.47. The summed E-state index contributed by atoms with van der Waals surface area (Å²) < 4.78 is 38.9. The molecule has 1 aliphatic heterocycles. The van der Waals surface area contributed by atoms with E-state index in [1.165, 1.54) is 24.6 Å². The predicted octanol–water partition coefficient (Wildman–Crippen LogP) is 3.79. The quantitative estimate of drug-likeness (QED) is 0.771. The van der Waals surface area contributed by atoms with Gasteiger partial charge in [-0.3, -0.25) is 0 Å². The first kappa shape index (κ1) is 14.5. The number of nitrogens with zero attached hydrogens (tertiary/aromatic N) is 1. The van der Waals surface area contributed by atoms with Gasteiger partial charge in [0.1, 0.15) is 0 Å². The van der Waals surface area contributed by atoms with Gasteiger partial charge in [-0.25, -0.2) is 0 Å². The summed E-state index contributed by atoms with van der Waals surface area (Å²) in [4.78, 5) is 2.26. The molecule has 2 unspecified atom stereocenters. The Kier molecular flexibility index (Phi) is 4.22. The van der Waals surface area contributed by atoms with Crippen molar-refractivity contribution in [1.29, 1.82) is 0 Å². The first-order valence-corrected chi connectivity index (χ1v) is 7.98.